The van der Waals surface area contributed by atoms with E-state index in [1.807, 2.05) is 30.6 Å². The Morgan fingerprint density at radius 3 is 3.00 bits per heavy atom. The van der Waals surface area contributed by atoms with Gasteiger partial charge in [-0.2, -0.15) is 0 Å². The zero-order chi connectivity index (χ0) is 12.4. The van der Waals surface area contributed by atoms with Crippen molar-refractivity contribution in [3.8, 4) is 0 Å². The van der Waals surface area contributed by atoms with E-state index in [0.29, 0.717) is 0 Å². The van der Waals surface area contributed by atoms with Gasteiger partial charge in [-0.3, -0.25) is 4.98 Å². The van der Waals surface area contributed by atoms with E-state index in [9.17, 15) is 0 Å². The molecule has 0 aliphatic rings. The van der Waals surface area contributed by atoms with Gasteiger partial charge in [0.25, 0.3) is 0 Å². The molecule has 1 N–H and O–H groups in total. The smallest absolute Gasteiger partial charge is 0.0955 e. The van der Waals surface area contributed by atoms with Crippen LogP contribution in [0.5, 0.6) is 0 Å². The van der Waals surface area contributed by atoms with Crippen molar-refractivity contribution < 1.29 is 4.42 Å². The first-order chi connectivity index (χ1) is 8.84. The standard InChI is InChI=1S/C15H14N2O/c1-11(13-6-8-18-10-13)17-15-4-2-3-12-9-16-7-5-14(12)15/h2-11,17H,1H3. The van der Waals surface area contributed by atoms with E-state index in [-0.39, 0.29) is 6.04 Å². The molecular formula is C15H14N2O. The molecule has 1 atom stereocenters. The molecule has 0 aliphatic heterocycles. The number of nitrogens with zero attached hydrogens (tertiary/aromatic N) is 1. The molecule has 0 aliphatic carbocycles. The maximum Gasteiger partial charge on any atom is 0.0955 e. The largest absolute Gasteiger partial charge is 0.472 e. The van der Waals surface area contributed by atoms with E-state index in [4.69, 9.17) is 4.42 Å². The second-order valence-corrected chi connectivity index (χ2v) is 4.33. The maximum absolute atomic E-state index is 5.11. The summed E-state index contributed by atoms with van der Waals surface area (Å²) in [6.45, 7) is 2.12. The third kappa shape index (κ3) is 1.95. The number of nitrogens with one attached hydrogen (secondary N) is 1. The van der Waals surface area contributed by atoms with Crippen LogP contribution in [0.4, 0.5) is 5.69 Å². The summed E-state index contributed by atoms with van der Waals surface area (Å²) in [5.74, 6) is 0. The molecule has 3 nitrogen and oxygen atoms in total. The Bertz CT molecular complexity index is 641. The normalized spacial score (nSPS) is 12.5. The van der Waals surface area contributed by atoms with E-state index in [2.05, 4.69) is 29.4 Å². The number of aromatic nitrogens is 1. The second kappa shape index (κ2) is 4.53. The van der Waals surface area contributed by atoms with E-state index in [1.165, 1.54) is 5.39 Å². The topological polar surface area (TPSA) is 38.1 Å². The van der Waals surface area contributed by atoms with Gasteiger partial charge in [-0.1, -0.05) is 12.1 Å². The highest BCUT2D eigenvalue weighted by molar-refractivity contribution is 5.93. The number of hydrogen-bond donors (Lipinski definition) is 1. The van der Waals surface area contributed by atoms with Crippen LogP contribution >= 0.6 is 0 Å². The van der Waals surface area contributed by atoms with Gasteiger partial charge in [0.15, 0.2) is 0 Å². The van der Waals surface area contributed by atoms with Crippen LogP contribution < -0.4 is 5.32 Å². The molecule has 0 amide bonds. The van der Waals surface area contributed by atoms with Gasteiger partial charge in [0.1, 0.15) is 0 Å². The Balaban J connectivity index is 1.95. The second-order valence-electron chi connectivity index (χ2n) is 4.33. The molecule has 3 heteroatoms. The fraction of sp³-hybridized carbons (Fsp3) is 0.133. The summed E-state index contributed by atoms with van der Waals surface area (Å²) in [6, 6.07) is 10.4. The summed E-state index contributed by atoms with van der Waals surface area (Å²) in [5, 5.41) is 5.82. The minimum Gasteiger partial charge on any atom is -0.472 e. The van der Waals surface area contributed by atoms with Crippen LogP contribution in [0.15, 0.2) is 59.7 Å². The Morgan fingerprint density at radius 2 is 2.17 bits per heavy atom. The van der Waals surface area contributed by atoms with Crippen LogP contribution in [0.3, 0.4) is 0 Å². The number of pyridine rings is 1. The molecule has 18 heavy (non-hydrogen) atoms. The van der Waals surface area contributed by atoms with Crippen molar-refractivity contribution >= 4 is 16.5 Å². The number of furan rings is 1. The van der Waals surface area contributed by atoms with Crippen LogP contribution in [0.1, 0.15) is 18.5 Å². The molecule has 0 radical (unpaired) electrons. The van der Waals surface area contributed by atoms with E-state index in [0.717, 1.165) is 16.6 Å². The Hall–Kier alpha value is -2.29. The van der Waals surface area contributed by atoms with Gasteiger partial charge in [0.05, 0.1) is 18.6 Å². The SMILES string of the molecule is CC(Nc1cccc2cnccc12)c1ccoc1. The molecule has 0 fully saturated rings. The van der Waals surface area contributed by atoms with Crippen LogP contribution in [0, 0.1) is 0 Å². The average molecular weight is 238 g/mol. The highest BCUT2D eigenvalue weighted by atomic mass is 16.3. The summed E-state index contributed by atoms with van der Waals surface area (Å²) in [7, 11) is 0. The lowest BCUT2D eigenvalue weighted by molar-refractivity contribution is 0.562. The van der Waals surface area contributed by atoms with Crippen molar-refractivity contribution in [1.82, 2.24) is 4.98 Å². The van der Waals surface area contributed by atoms with Gasteiger partial charge in [-0.25, -0.2) is 0 Å². The van der Waals surface area contributed by atoms with E-state index < -0.39 is 0 Å². The fourth-order valence-electron chi connectivity index (χ4n) is 2.09. The molecule has 2 aromatic heterocycles. The van der Waals surface area contributed by atoms with Gasteiger partial charge in [-0.05, 0) is 25.1 Å². The van der Waals surface area contributed by atoms with Gasteiger partial charge < -0.3 is 9.73 Å². The van der Waals surface area contributed by atoms with Crippen LogP contribution in [-0.2, 0) is 0 Å². The van der Waals surface area contributed by atoms with Crippen molar-refractivity contribution in [2.45, 2.75) is 13.0 Å². The van der Waals surface area contributed by atoms with Crippen molar-refractivity contribution in [3.05, 3.63) is 60.8 Å². The highest BCUT2D eigenvalue weighted by Gasteiger charge is 2.08. The molecule has 2 heterocycles. The maximum atomic E-state index is 5.11. The molecule has 1 unspecified atom stereocenters. The molecule has 0 bridgehead atoms. The lowest BCUT2D eigenvalue weighted by atomic mass is 10.1. The van der Waals surface area contributed by atoms with Crippen LogP contribution in [-0.4, -0.2) is 4.98 Å². The third-order valence-electron chi connectivity index (χ3n) is 3.10. The summed E-state index contributed by atoms with van der Waals surface area (Å²) >= 11 is 0. The predicted octanol–water partition coefficient (Wildman–Crippen LogP) is 4.00. The molecule has 90 valence electrons. The predicted molar refractivity (Wildman–Crippen MR) is 72.5 cm³/mol. The zero-order valence-electron chi connectivity index (χ0n) is 10.1. The molecule has 1 aromatic carbocycles. The minimum atomic E-state index is 0.211. The Labute approximate surface area is 105 Å². The van der Waals surface area contributed by atoms with Crippen molar-refractivity contribution in [3.63, 3.8) is 0 Å². The molecule has 3 aromatic rings. The quantitative estimate of drug-likeness (QED) is 0.749. The molecule has 3 rings (SSSR count). The zero-order valence-corrected chi connectivity index (χ0v) is 10.1. The summed E-state index contributed by atoms with van der Waals surface area (Å²) in [5.41, 5.74) is 2.25. The first-order valence-corrected chi connectivity index (χ1v) is 5.96. The highest BCUT2D eigenvalue weighted by Crippen LogP contribution is 2.26. The summed E-state index contributed by atoms with van der Waals surface area (Å²) in [6.07, 6.45) is 7.16. The van der Waals surface area contributed by atoms with Gasteiger partial charge in [0.2, 0.25) is 0 Å². The number of fused-ring (bicyclic) bond motifs is 1. The molecular weight excluding hydrogens is 224 g/mol. The lowest BCUT2D eigenvalue weighted by Gasteiger charge is -2.15. The number of anilines is 1. The summed E-state index contributed by atoms with van der Waals surface area (Å²) < 4.78 is 5.11. The monoisotopic (exact) mass is 238 g/mol. The first kappa shape index (κ1) is 10.8. The number of rotatable bonds is 3. The van der Waals surface area contributed by atoms with Gasteiger partial charge >= 0.3 is 0 Å². The van der Waals surface area contributed by atoms with Crippen molar-refractivity contribution in [2.75, 3.05) is 5.32 Å². The molecule has 0 saturated heterocycles. The molecule has 0 spiro atoms. The fourth-order valence-corrected chi connectivity index (χ4v) is 2.09. The third-order valence-corrected chi connectivity index (χ3v) is 3.10. The number of hydrogen-bond acceptors (Lipinski definition) is 3. The van der Waals surface area contributed by atoms with E-state index >= 15 is 0 Å². The van der Waals surface area contributed by atoms with Crippen molar-refractivity contribution in [1.29, 1.82) is 0 Å². The van der Waals surface area contributed by atoms with Crippen LogP contribution in [0.25, 0.3) is 10.8 Å². The average Bonchev–Trinajstić information content (AvgIpc) is 2.93. The lowest BCUT2D eigenvalue weighted by Crippen LogP contribution is -2.05. The summed E-state index contributed by atoms with van der Waals surface area (Å²) in [4.78, 5) is 4.14. The minimum absolute atomic E-state index is 0.211. The van der Waals surface area contributed by atoms with Crippen LogP contribution in [0.2, 0.25) is 0 Å². The number of benzene rings is 1. The Kier molecular flexibility index (Phi) is 2.73. The van der Waals surface area contributed by atoms with Crippen molar-refractivity contribution in [2.24, 2.45) is 0 Å². The Morgan fingerprint density at radius 1 is 1.22 bits per heavy atom. The van der Waals surface area contributed by atoms with E-state index in [1.54, 1.807) is 12.5 Å². The van der Waals surface area contributed by atoms with Gasteiger partial charge in [-0.15, -0.1) is 0 Å². The first-order valence-electron chi connectivity index (χ1n) is 5.96. The molecule has 0 saturated carbocycles. The van der Waals surface area contributed by atoms with Gasteiger partial charge in [0, 0.05) is 34.4 Å².